The smallest absolute Gasteiger partial charge is 0.185 e. The van der Waals surface area contributed by atoms with Crippen LogP contribution in [0, 0.1) is 11.8 Å². The molecule has 2 aliphatic carbocycles. The Kier molecular flexibility index (Phi) is 3.57. The van der Waals surface area contributed by atoms with E-state index in [-0.39, 0.29) is 6.61 Å². The average Bonchev–Trinajstić information content (AvgIpc) is 3.29. The maximum atomic E-state index is 9.39. The van der Waals surface area contributed by atoms with Gasteiger partial charge >= 0.3 is 0 Å². The first kappa shape index (κ1) is 12.4. The first-order valence-corrected chi connectivity index (χ1v) is 7.96. The third kappa shape index (κ3) is 2.86. The molecule has 100 valence electrons. The lowest BCUT2D eigenvalue weighted by molar-refractivity contribution is 0.284. The second-order valence-electron chi connectivity index (χ2n) is 5.67. The summed E-state index contributed by atoms with van der Waals surface area (Å²) in [5, 5.41) is 10.5. The fourth-order valence-electron chi connectivity index (χ4n) is 2.36. The molecule has 0 bridgehead atoms. The van der Waals surface area contributed by atoms with Crippen molar-refractivity contribution in [1.29, 1.82) is 0 Å². The highest BCUT2D eigenvalue weighted by Gasteiger charge is 2.30. The minimum absolute atomic E-state index is 0.140. The molecule has 0 unspecified atom stereocenters. The Labute approximate surface area is 113 Å². The van der Waals surface area contributed by atoms with Crippen LogP contribution in [0.5, 0.6) is 0 Å². The lowest BCUT2D eigenvalue weighted by atomic mass is 10.3. The summed E-state index contributed by atoms with van der Waals surface area (Å²) >= 11 is 1.70. The van der Waals surface area contributed by atoms with Crippen molar-refractivity contribution in [2.45, 2.75) is 45.6 Å². The number of aromatic nitrogens is 1. The van der Waals surface area contributed by atoms with Crippen LogP contribution in [0.2, 0.25) is 0 Å². The van der Waals surface area contributed by atoms with Gasteiger partial charge in [0, 0.05) is 13.1 Å². The van der Waals surface area contributed by atoms with Gasteiger partial charge in [-0.25, -0.2) is 4.98 Å². The van der Waals surface area contributed by atoms with E-state index in [0.717, 1.165) is 34.0 Å². The van der Waals surface area contributed by atoms with Crippen LogP contribution in [0.25, 0.3) is 0 Å². The second-order valence-corrected chi connectivity index (χ2v) is 6.73. The van der Waals surface area contributed by atoms with E-state index < -0.39 is 0 Å². The van der Waals surface area contributed by atoms with Crippen LogP contribution in [0.1, 0.15) is 43.2 Å². The number of aryl methyl sites for hydroxylation is 1. The van der Waals surface area contributed by atoms with E-state index in [1.54, 1.807) is 11.3 Å². The zero-order valence-corrected chi connectivity index (χ0v) is 11.9. The maximum Gasteiger partial charge on any atom is 0.185 e. The molecule has 1 aromatic heterocycles. The fraction of sp³-hybridized carbons (Fsp3) is 0.786. The van der Waals surface area contributed by atoms with Crippen LogP contribution in [0.4, 0.5) is 5.13 Å². The summed E-state index contributed by atoms with van der Waals surface area (Å²) in [4.78, 5) is 8.29. The number of hydrogen-bond donors (Lipinski definition) is 1. The summed E-state index contributed by atoms with van der Waals surface area (Å²) in [6.45, 7) is 4.61. The van der Waals surface area contributed by atoms with Crippen molar-refractivity contribution < 1.29 is 5.11 Å². The number of nitrogens with zero attached hydrogens (tertiary/aromatic N) is 2. The Morgan fingerprint density at radius 3 is 2.22 bits per heavy atom. The zero-order valence-electron chi connectivity index (χ0n) is 11.1. The van der Waals surface area contributed by atoms with Crippen molar-refractivity contribution in [3.63, 3.8) is 0 Å². The number of rotatable bonds is 7. The molecule has 3 rings (SSSR count). The van der Waals surface area contributed by atoms with E-state index in [2.05, 4.69) is 11.8 Å². The quantitative estimate of drug-likeness (QED) is 0.824. The highest BCUT2D eigenvalue weighted by Crippen LogP contribution is 2.37. The van der Waals surface area contributed by atoms with Gasteiger partial charge in [0.05, 0.1) is 17.2 Å². The molecule has 2 aliphatic rings. The Balaban J connectivity index is 1.75. The first-order valence-electron chi connectivity index (χ1n) is 7.14. The molecule has 18 heavy (non-hydrogen) atoms. The van der Waals surface area contributed by atoms with Crippen molar-refractivity contribution in [1.82, 2.24) is 4.98 Å². The molecule has 0 aromatic carbocycles. The molecule has 0 spiro atoms. The molecule has 4 heteroatoms. The van der Waals surface area contributed by atoms with Gasteiger partial charge in [-0.3, -0.25) is 0 Å². The molecule has 1 heterocycles. The topological polar surface area (TPSA) is 36.4 Å². The molecule has 0 atom stereocenters. The van der Waals surface area contributed by atoms with Gasteiger partial charge in [0.2, 0.25) is 0 Å². The van der Waals surface area contributed by atoms with Gasteiger partial charge in [-0.1, -0.05) is 18.3 Å². The third-order valence-corrected chi connectivity index (χ3v) is 5.01. The van der Waals surface area contributed by atoms with E-state index in [1.807, 2.05) is 0 Å². The Morgan fingerprint density at radius 1 is 1.22 bits per heavy atom. The number of aliphatic hydroxyl groups excluding tert-OH is 1. The third-order valence-electron chi connectivity index (χ3n) is 3.87. The number of anilines is 1. The van der Waals surface area contributed by atoms with Crippen molar-refractivity contribution >= 4 is 16.5 Å². The van der Waals surface area contributed by atoms with E-state index >= 15 is 0 Å². The molecular formula is C14H22N2OS. The van der Waals surface area contributed by atoms with Gasteiger partial charge in [0.1, 0.15) is 0 Å². The van der Waals surface area contributed by atoms with Crippen LogP contribution in [0.15, 0.2) is 0 Å². The lowest BCUT2D eigenvalue weighted by Gasteiger charge is -2.21. The number of thiazole rings is 1. The summed E-state index contributed by atoms with van der Waals surface area (Å²) in [6.07, 6.45) is 6.48. The average molecular weight is 266 g/mol. The summed E-state index contributed by atoms with van der Waals surface area (Å²) in [5.41, 5.74) is 1.09. The van der Waals surface area contributed by atoms with Crippen LogP contribution in [-0.4, -0.2) is 23.2 Å². The number of hydrogen-bond acceptors (Lipinski definition) is 4. The predicted molar refractivity (Wildman–Crippen MR) is 75.1 cm³/mol. The van der Waals surface area contributed by atoms with Crippen molar-refractivity contribution in [2.75, 3.05) is 18.0 Å². The maximum absolute atomic E-state index is 9.39. The minimum Gasteiger partial charge on any atom is -0.391 e. The fourth-order valence-corrected chi connectivity index (χ4v) is 3.39. The van der Waals surface area contributed by atoms with Gasteiger partial charge in [0.15, 0.2) is 5.13 Å². The molecule has 0 radical (unpaired) electrons. The van der Waals surface area contributed by atoms with Crippen LogP contribution < -0.4 is 4.90 Å². The summed E-state index contributed by atoms with van der Waals surface area (Å²) in [5.74, 6) is 1.80. The lowest BCUT2D eigenvalue weighted by Crippen LogP contribution is -2.27. The SMILES string of the molecule is CCc1nc(N(CC2CC2)CC2CC2)sc1CO. The van der Waals surface area contributed by atoms with Gasteiger partial charge in [0.25, 0.3) is 0 Å². The van der Waals surface area contributed by atoms with Gasteiger partial charge in [-0.2, -0.15) is 0 Å². The molecule has 1 aromatic rings. The largest absolute Gasteiger partial charge is 0.391 e. The van der Waals surface area contributed by atoms with E-state index in [0.29, 0.717) is 0 Å². The molecule has 2 fully saturated rings. The molecule has 0 amide bonds. The predicted octanol–water partition coefficient (Wildman–Crippen LogP) is 2.82. The summed E-state index contributed by atoms with van der Waals surface area (Å²) in [6, 6.07) is 0. The first-order chi connectivity index (χ1) is 8.80. The van der Waals surface area contributed by atoms with Crippen LogP contribution in [0.3, 0.4) is 0 Å². The van der Waals surface area contributed by atoms with Gasteiger partial charge in [-0.05, 0) is 43.9 Å². The monoisotopic (exact) mass is 266 g/mol. The molecule has 2 saturated carbocycles. The van der Waals surface area contributed by atoms with Crippen molar-refractivity contribution in [3.8, 4) is 0 Å². The molecule has 3 nitrogen and oxygen atoms in total. The van der Waals surface area contributed by atoms with Crippen molar-refractivity contribution in [2.24, 2.45) is 11.8 Å². The minimum atomic E-state index is 0.140. The molecule has 1 N–H and O–H groups in total. The molecule has 0 aliphatic heterocycles. The normalized spacial score (nSPS) is 19.2. The zero-order chi connectivity index (χ0) is 12.5. The Morgan fingerprint density at radius 2 is 1.83 bits per heavy atom. The van der Waals surface area contributed by atoms with Gasteiger partial charge < -0.3 is 10.0 Å². The number of aliphatic hydroxyl groups is 1. The Bertz CT molecular complexity index is 374. The highest BCUT2D eigenvalue weighted by atomic mass is 32.1. The second kappa shape index (κ2) is 5.17. The highest BCUT2D eigenvalue weighted by molar-refractivity contribution is 7.15. The van der Waals surface area contributed by atoms with E-state index in [4.69, 9.17) is 4.98 Å². The van der Waals surface area contributed by atoms with Crippen molar-refractivity contribution in [3.05, 3.63) is 10.6 Å². The van der Waals surface area contributed by atoms with Crippen LogP contribution in [-0.2, 0) is 13.0 Å². The van der Waals surface area contributed by atoms with Crippen LogP contribution >= 0.6 is 11.3 Å². The Hall–Kier alpha value is -0.610. The van der Waals surface area contributed by atoms with E-state index in [9.17, 15) is 5.11 Å². The summed E-state index contributed by atoms with van der Waals surface area (Å²) < 4.78 is 0. The standard InChI is InChI=1S/C14H22N2OS/c1-2-12-13(9-17)18-14(15-12)16(7-10-3-4-10)8-11-5-6-11/h10-11,17H,2-9H2,1H3. The molecular weight excluding hydrogens is 244 g/mol. The summed E-state index contributed by atoms with van der Waals surface area (Å²) in [7, 11) is 0. The van der Waals surface area contributed by atoms with Gasteiger partial charge in [-0.15, -0.1) is 0 Å². The molecule has 0 saturated heterocycles. The van der Waals surface area contributed by atoms with E-state index in [1.165, 1.54) is 38.8 Å².